The van der Waals surface area contributed by atoms with Gasteiger partial charge in [0, 0.05) is 5.56 Å². The van der Waals surface area contributed by atoms with Gasteiger partial charge in [0.15, 0.2) is 0 Å². The van der Waals surface area contributed by atoms with Crippen LogP contribution in [0.2, 0.25) is 0 Å². The summed E-state index contributed by atoms with van der Waals surface area (Å²) in [6.45, 7) is 0. The first-order chi connectivity index (χ1) is 13.3. The number of carbonyl (C=O) groups excluding carboxylic acids is 1. The number of nitrogens with zero attached hydrogens (tertiary/aromatic N) is 1. The molecule has 1 aliphatic heterocycles. The topological polar surface area (TPSA) is 53.5 Å². The molecule has 0 fully saturated rings. The minimum Gasteiger partial charge on any atom is -0.308 e. The highest BCUT2D eigenvalue weighted by Crippen LogP contribution is 2.55. The van der Waals surface area contributed by atoms with Crippen LogP contribution in [0.4, 0.5) is 52.7 Å². The third-order valence-electron chi connectivity index (χ3n) is 3.94. The van der Waals surface area contributed by atoms with Crippen LogP contribution in [0.5, 0.6) is 0 Å². The van der Waals surface area contributed by atoms with Gasteiger partial charge in [0.25, 0.3) is 11.4 Å². The minimum absolute atomic E-state index is 0.434. The van der Waals surface area contributed by atoms with Crippen molar-refractivity contribution in [1.82, 2.24) is 10.6 Å². The summed E-state index contributed by atoms with van der Waals surface area (Å²) in [5, 5.41) is 0.373. The van der Waals surface area contributed by atoms with Gasteiger partial charge in [-0.1, -0.05) is 18.2 Å². The Hall–Kier alpha value is -2.52. The number of rotatable bonds is 1. The van der Waals surface area contributed by atoms with Crippen molar-refractivity contribution in [2.75, 3.05) is 0 Å². The van der Waals surface area contributed by atoms with Crippen LogP contribution in [0.3, 0.4) is 0 Å². The molecule has 0 unspecified atom stereocenters. The Morgan fingerprint density at radius 2 is 1.20 bits per heavy atom. The number of halogens is 12. The van der Waals surface area contributed by atoms with Gasteiger partial charge in [-0.3, -0.25) is 4.79 Å². The molecule has 0 spiro atoms. The highest BCUT2D eigenvalue weighted by atomic mass is 19.4. The Morgan fingerprint density at radius 3 is 1.57 bits per heavy atom. The smallest absolute Gasteiger partial charge is 0.308 e. The second-order valence-corrected chi connectivity index (χ2v) is 5.86. The molecule has 1 aromatic carbocycles. The van der Waals surface area contributed by atoms with Crippen molar-refractivity contribution in [1.29, 1.82) is 0 Å². The monoisotopic (exact) mass is 461 g/mol. The third-order valence-corrected chi connectivity index (χ3v) is 3.94. The Bertz CT molecular complexity index is 807. The molecule has 168 valence electrons. The third kappa shape index (κ3) is 3.45. The van der Waals surface area contributed by atoms with Gasteiger partial charge in [-0.05, 0) is 12.1 Å². The molecule has 2 N–H and O–H groups in total. The molecule has 0 saturated carbocycles. The number of carbonyl (C=O) groups is 1. The SMILES string of the molecule is O=C(NC1=NC(C(F)(F)F)(C(F)(F)F)NC1(C(F)(F)F)C(F)(F)F)c1ccccc1. The average Bonchev–Trinajstić information content (AvgIpc) is 2.92. The van der Waals surface area contributed by atoms with E-state index in [0.29, 0.717) is 0 Å². The van der Waals surface area contributed by atoms with Crippen molar-refractivity contribution in [3.8, 4) is 0 Å². The number of amidine groups is 1. The van der Waals surface area contributed by atoms with Crippen molar-refractivity contribution in [3.63, 3.8) is 0 Å². The Kier molecular flexibility index (Phi) is 5.34. The zero-order valence-electron chi connectivity index (χ0n) is 13.8. The summed E-state index contributed by atoms with van der Waals surface area (Å²) in [6, 6.07) is 5.10. The first-order valence-corrected chi connectivity index (χ1v) is 7.33. The van der Waals surface area contributed by atoms with Crippen LogP contribution < -0.4 is 10.6 Å². The van der Waals surface area contributed by atoms with Crippen molar-refractivity contribution in [2.24, 2.45) is 4.99 Å². The minimum atomic E-state index is -6.83. The molecule has 16 heteroatoms. The summed E-state index contributed by atoms with van der Waals surface area (Å²) in [6.07, 6.45) is -27.3. The van der Waals surface area contributed by atoms with Crippen LogP contribution in [0.25, 0.3) is 0 Å². The van der Waals surface area contributed by atoms with Gasteiger partial charge in [0.05, 0.1) is 0 Å². The maximum absolute atomic E-state index is 13.4. The largest absolute Gasteiger partial charge is 0.436 e. The number of alkyl halides is 12. The molecule has 2 rings (SSSR count). The summed E-state index contributed by atoms with van der Waals surface area (Å²) in [4.78, 5) is 13.6. The van der Waals surface area contributed by atoms with Gasteiger partial charge in [0.1, 0.15) is 5.84 Å². The second kappa shape index (κ2) is 6.75. The van der Waals surface area contributed by atoms with E-state index in [1.807, 2.05) is 0 Å². The summed E-state index contributed by atoms with van der Waals surface area (Å²) in [7, 11) is 0. The molecular weight excluding hydrogens is 454 g/mol. The number of benzene rings is 1. The number of amides is 1. The van der Waals surface area contributed by atoms with E-state index in [4.69, 9.17) is 0 Å². The summed E-state index contributed by atoms with van der Waals surface area (Å²) < 4.78 is 159. The molecular formula is C14H7F12N3O. The van der Waals surface area contributed by atoms with E-state index in [2.05, 4.69) is 0 Å². The van der Waals surface area contributed by atoms with Crippen molar-refractivity contribution in [2.45, 2.75) is 35.9 Å². The van der Waals surface area contributed by atoms with E-state index in [9.17, 15) is 57.5 Å². The van der Waals surface area contributed by atoms with Gasteiger partial charge in [-0.2, -0.15) is 52.7 Å². The molecule has 1 amide bonds. The molecule has 0 radical (unpaired) electrons. The van der Waals surface area contributed by atoms with E-state index < -0.39 is 58.5 Å². The molecule has 30 heavy (non-hydrogen) atoms. The number of aliphatic imine (C=N–C) groups is 1. The first kappa shape index (κ1) is 23.8. The average molecular weight is 461 g/mol. The fourth-order valence-electron chi connectivity index (χ4n) is 2.50. The highest BCUT2D eigenvalue weighted by molar-refractivity contribution is 6.11. The van der Waals surface area contributed by atoms with Crippen LogP contribution in [0.15, 0.2) is 35.3 Å². The Balaban J connectivity index is 2.79. The highest BCUT2D eigenvalue weighted by Gasteiger charge is 2.86. The summed E-state index contributed by atoms with van der Waals surface area (Å²) >= 11 is 0. The zero-order chi connectivity index (χ0) is 23.4. The van der Waals surface area contributed by atoms with Crippen LogP contribution in [-0.4, -0.2) is 47.6 Å². The normalized spacial score (nSPS) is 19.4. The van der Waals surface area contributed by atoms with Crippen LogP contribution in [-0.2, 0) is 0 Å². The molecule has 0 saturated heterocycles. The Labute approximate surface area is 157 Å². The fourth-order valence-corrected chi connectivity index (χ4v) is 2.50. The predicted octanol–water partition coefficient (Wildman–Crippen LogP) is 4.10. The molecule has 4 nitrogen and oxygen atoms in total. The number of hydrogen-bond donors (Lipinski definition) is 2. The predicted molar refractivity (Wildman–Crippen MR) is 74.2 cm³/mol. The fraction of sp³-hybridized carbons (Fsp3) is 0.429. The van der Waals surface area contributed by atoms with E-state index in [1.165, 1.54) is 6.07 Å². The lowest BCUT2D eigenvalue weighted by Gasteiger charge is -2.39. The summed E-state index contributed by atoms with van der Waals surface area (Å²) in [5.41, 5.74) is -12.6. The second-order valence-electron chi connectivity index (χ2n) is 5.86. The Morgan fingerprint density at radius 1 is 0.767 bits per heavy atom. The van der Waals surface area contributed by atoms with Crippen LogP contribution >= 0.6 is 0 Å². The molecule has 0 aromatic heterocycles. The van der Waals surface area contributed by atoms with Gasteiger partial charge in [0.2, 0.25) is 0 Å². The van der Waals surface area contributed by atoms with Crippen molar-refractivity contribution in [3.05, 3.63) is 35.9 Å². The molecule has 1 aliphatic rings. The van der Waals surface area contributed by atoms with Crippen molar-refractivity contribution >= 4 is 11.7 Å². The van der Waals surface area contributed by atoms with Gasteiger partial charge >= 0.3 is 30.4 Å². The van der Waals surface area contributed by atoms with Gasteiger partial charge in [-0.25, -0.2) is 10.3 Å². The molecule has 0 aliphatic carbocycles. The number of hydrogen-bond acceptors (Lipinski definition) is 3. The number of nitrogens with one attached hydrogen (secondary N) is 2. The van der Waals surface area contributed by atoms with E-state index in [1.54, 1.807) is 4.99 Å². The molecule has 0 atom stereocenters. The zero-order valence-corrected chi connectivity index (χ0v) is 13.8. The van der Waals surface area contributed by atoms with Gasteiger partial charge in [-0.15, -0.1) is 0 Å². The molecule has 0 bridgehead atoms. The first-order valence-electron chi connectivity index (χ1n) is 7.33. The van der Waals surface area contributed by atoms with Crippen molar-refractivity contribution < 1.29 is 57.5 Å². The quantitative estimate of drug-likeness (QED) is 0.619. The lowest BCUT2D eigenvalue weighted by atomic mass is 9.95. The standard InChI is InChI=1S/C14H7F12N3O/c15-11(16,17)9(12(18,19)20)8(27-7(30)6-4-2-1-3-5-6)28-10(29-9,13(21,22)23)14(24,25)26/h1-5,29H,(H,27,28,30). The van der Waals surface area contributed by atoms with Crippen LogP contribution in [0.1, 0.15) is 10.4 Å². The van der Waals surface area contributed by atoms with E-state index >= 15 is 0 Å². The van der Waals surface area contributed by atoms with E-state index in [0.717, 1.165) is 29.6 Å². The molecule has 1 aromatic rings. The molecule has 1 heterocycles. The van der Waals surface area contributed by atoms with E-state index in [-0.39, 0.29) is 0 Å². The maximum atomic E-state index is 13.4. The lowest BCUT2D eigenvalue weighted by molar-refractivity contribution is -0.333. The maximum Gasteiger partial charge on any atom is 0.436 e. The van der Waals surface area contributed by atoms with Gasteiger partial charge < -0.3 is 5.32 Å². The van der Waals surface area contributed by atoms with Crippen LogP contribution in [0, 0.1) is 0 Å². The lowest BCUT2D eigenvalue weighted by Crippen LogP contribution is -2.77. The summed E-state index contributed by atoms with van der Waals surface area (Å²) in [5.74, 6) is -4.81.